The summed E-state index contributed by atoms with van der Waals surface area (Å²) in [6.07, 6.45) is 1.56. The minimum atomic E-state index is -0.913. The molecule has 0 aliphatic heterocycles. The average molecular weight is 342 g/mol. The number of carboxylic acids is 1. The number of imidazole rings is 1. The molecule has 24 heavy (non-hydrogen) atoms. The molecule has 2 heterocycles. The fraction of sp³-hybridized carbons (Fsp3) is 0.368. The van der Waals surface area contributed by atoms with Gasteiger partial charge in [-0.25, -0.2) is 9.78 Å². The van der Waals surface area contributed by atoms with E-state index < -0.39 is 5.97 Å². The van der Waals surface area contributed by atoms with Gasteiger partial charge in [0.2, 0.25) is 0 Å². The molecular weight excluding hydrogens is 320 g/mol. The summed E-state index contributed by atoms with van der Waals surface area (Å²) in [7, 11) is 0. The van der Waals surface area contributed by atoms with Crippen molar-refractivity contribution in [2.75, 3.05) is 0 Å². The van der Waals surface area contributed by atoms with E-state index in [0.717, 1.165) is 27.5 Å². The molecule has 1 N–H and O–H groups in total. The molecule has 0 fully saturated rings. The lowest BCUT2D eigenvalue weighted by molar-refractivity contribution is 0.0688. The van der Waals surface area contributed by atoms with Crippen LogP contribution in [0.2, 0.25) is 0 Å². The standard InChI is InChI=1S/C19H22N2O2S/c1-5-6-15-17(18(22)23)21-16(12(4)24-19(21)20-15)14-9-7-13(8-10-14)11(2)3/h7-11H,5-6H2,1-4H3,(H,22,23). The van der Waals surface area contributed by atoms with E-state index in [4.69, 9.17) is 0 Å². The number of carbonyl (C=O) groups is 1. The molecule has 4 nitrogen and oxygen atoms in total. The van der Waals surface area contributed by atoms with Crippen LogP contribution in [0.4, 0.5) is 0 Å². The van der Waals surface area contributed by atoms with Crippen LogP contribution in [0.1, 0.15) is 59.7 Å². The lowest BCUT2D eigenvalue weighted by atomic mass is 10.0. The summed E-state index contributed by atoms with van der Waals surface area (Å²) in [5, 5.41) is 9.72. The van der Waals surface area contributed by atoms with E-state index in [1.165, 1.54) is 5.56 Å². The van der Waals surface area contributed by atoms with E-state index in [1.807, 2.05) is 18.2 Å². The zero-order valence-corrected chi connectivity index (χ0v) is 15.3. The predicted octanol–water partition coefficient (Wildman–Crippen LogP) is 5.15. The van der Waals surface area contributed by atoms with Crippen LogP contribution in [0.15, 0.2) is 24.3 Å². The number of carboxylic acid groups (broad SMARTS) is 1. The summed E-state index contributed by atoms with van der Waals surface area (Å²) in [5.41, 5.74) is 4.23. The van der Waals surface area contributed by atoms with Crippen LogP contribution in [0.3, 0.4) is 0 Å². The number of hydrogen-bond donors (Lipinski definition) is 1. The van der Waals surface area contributed by atoms with Gasteiger partial charge in [-0.2, -0.15) is 0 Å². The molecule has 0 unspecified atom stereocenters. The van der Waals surface area contributed by atoms with Crippen molar-refractivity contribution in [3.63, 3.8) is 0 Å². The van der Waals surface area contributed by atoms with E-state index in [9.17, 15) is 9.90 Å². The highest BCUT2D eigenvalue weighted by Gasteiger charge is 2.24. The van der Waals surface area contributed by atoms with Crippen LogP contribution in [-0.4, -0.2) is 20.5 Å². The Morgan fingerprint density at radius 3 is 2.50 bits per heavy atom. The summed E-state index contributed by atoms with van der Waals surface area (Å²) in [6, 6.07) is 8.39. The molecule has 0 spiro atoms. The smallest absolute Gasteiger partial charge is 0.354 e. The number of nitrogens with zero attached hydrogens (tertiary/aromatic N) is 2. The lowest BCUT2D eigenvalue weighted by Gasteiger charge is -2.08. The van der Waals surface area contributed by atoms with Crippen molar-refractivity contribution >= 4 is 22.3 Å². The molecule has 0 atom stereocenters. The van der Waals surface area contributed by atoms with Gasteiger partial charge in [0.15, 0.2) is 10.7 Å². The molecule has 126 valence electrons. The molecule has 0 radical (unpaired) electrons. The second-order valence-corrected chi connectivity index (χ2v) is 7.55. The predicted molar refractivity (Wildman–Crippen MR) is 98.3 cm³/mol. The summed E-state index contributed by atoms with van der Waals surface area (Å²) in [6.45, 7) is 8.39. The molecular formula is C19H22N2O2S. The second kappa shape index (κ2) is 6.40. The van der Waals surface area contributed by atoms with Crippen molar-refractivity contribution in [2.24, 2.45) is 0 Å². The third kappa shape index (κ3) is 2.73. The monoisotopic (exact) mass is 342 g/mol. The molecule has 0 bridgehead atoms. The fourth-order valence-electron chi connectivity index (χ4n) is 3.05. The highest BCUT2D eigenvalue weighted by Crippen LogP contribution is 2.34. The van der Waals surface area contributed by atoms with Crippen LogP contribution in [0.25, 0.3) is 16.2 Å². The SMILES string of the molecule is CCCc1nc2sc(C)c(-c3ccc(C(C)C)cc3)n2c1C(=O)O. The van der Waals surface area contributed by atoms with Crippen molar-refractivity contribution in [3.05, 3.63) is 46.1 Å². The molecule has 0 saturated heterocycles. The van der Waals surface area contributed by atoms with Crippen LogP contribution < -0.4 is 0 Å². The third-order valence-corrected chi connectivity index (χ3v) is 5.22. The first kappa shape index (κ1) is 16.7. The molecule has 3 rings (SSSR count). The molecule has 3 aromatic rings. The summed E-state index contributed by atoms with van der Waals surface area (Å²) >= 11 is 1.55. The summed E-state index contributed by atoms with van der Waals surface area (Å²) in [4.78, 5) is 18.3. The van der Waals surface area contributed by atoms with Gasteiger partial charge in [0, 0.05) is 4.88 Å². The highest BCUT2D eigenvalue weighted by atomic mass is 32.1. The molecule has 0 aliphatic rings. The van der Waals surface area contributed by atoms with E-state index in [-0.39, 0.29) is 0 Å². The van der Waals surface area contributed by atoms with Gasteiger partial charge in [0.25, 0.3) is 0 Å². The Kier molecular flexibility index (Phi) is 4.45. The zero-order valence-electron chi connectivity index (χ0n) is 14.5. The molecule has 5 heteroatoms. The molecule has 0 amide bonds. The number of aryl methyl sites for hydroxylation is 2. The summed E-state index contributed by atoms with van der Waals surface area (Å²) in [5.74, 6) is -0.439. The van der Waals surface area contributed by atoms with Gasteiger partial charge >= 0.3 is 5.97 Å². The van der Waals surface area contributed by atoms with E-state index in [0.29, 0.717) is 23.7 Å². The van der Waals surface area contributed by atoms with Gasteiger partial charge in [-0.05, 0) is 30.4 Å². The van der Waals surface area contributed by atoms with Gasteiger partial charge in [0.05, 0.1) is 11.4 Å². The first-order chi connectivity index (χ1) is 11.4. The minimum absolute atomic E-state index is 0.305. The Morgan fingerprint density at radius 1 is 1.29 bits per heavy atom. The number of aromatic nitrogens is 2. The average Bonchev–Trinajstić information content (AvgIpc) is 3.01. The molecule has 2 aromatic heterocycles. The van der Waals surface area contributed by atoms with Crippen LogP contribution in [0, 0.1) is 6.92 Å². The number of fused-ring (bicyclic) bond motifs is 1. The van der Waals surface area contributed by atoms with Gasteiger partial charge in [-0.1, -0.05) is 51.5 Å². The number of thiazole rings is 1. The van der Waals surface area contributed by atoms with Gasteiger partial charge in [-0.3, -0.25) is 4.40 Å². The first-order valence-corrected chi connectivity index (χ1v) is 9.10. The Hall–Kier alpha value is -2.14. The maximum absolute atomic E-state index is 11.9. The number of benzene rings is 1. The Morgan fingerprint density at radius 2 is 1.96 bits per heavy atom. The van der Waals surface area contributed by atoms with Gasteiger partial charge < -0.3 is 5.11 Å². The highest BCUT2D eigenvalue weighted by molar-refractivity contribution is 7.17. The van der Waals surface area contributed by atoms with Crippen molar-refractivity contribution in [2.45, 2.75) is 46.5 Å². The molecule has 0 saturated carbocycles. The zero-order chi connectivity index (χ0) is 17.4. The number of aromatic carboxylic acids is 1. The van der Waals surface area contributed by atoms with E-state index in [1.54, 1.807) is 11.3 Å². The van der Waals surface area contributed by atoms with E-state index in [2.05, 4.69) is 43.1 Å². The second-order valence-electron chi connectivity index (χ2n) is 6.36. The lowest BCUT2D eigenvalue weighted by Crippen LogP contribution is -2.06. The quantitative estimate of drug-likeness (QED) is 0.698. The fourth-order valence-corrected chi connectivity index (χ4v) is 4.06. The number of hydrogen-bond acceptors (Lipinski definition) is 3. The summed E-state index contributed by atoms with van der Waals surface area (Å²) < 4.78 is 1.82. The van der Waals surface area contributed by atoms with Crippen molar-refractivity contribution in [1.82, 2.24) is 9.38 Å². The molecule has 0 aliphatic carbocycles. The first-order valence-electron chi connectivity index (χ1n) is 8.28. The van der Waals surface area contributed by atoms with Crippen LogP contribution >= 0.6 is 11.3 Å². The van der Waals surface area contributed by atoms with Crippen molar-refractivity contribution < 1.29 is 9.90 Å². The van der Waals surface area contributed by atoms with Crippen LogP contribution in [-0.2, 0) is 6.42 Å². The maximum Gasteiger partial charge on any atom is 0.354 e. The Bertz CT molecular complexity index is 888. The molecule has 1 aromatic carbocycles. The minimum Gasteiger partial charge on any atom is -0.477 e. The Balaban J connectivity index is 2.23. The van der Waals surface area contributed by atoms with E-state index >= 15 is 0 Å². The van der Waals surface area contributed by atoms with Crippen molar-refractivity contribution in [3.8, 4) is 11.3 Å². The van der Waals surface area contributed by atoms with Crippen LogP contribution in [0.5, 0.6) is 0 Å². The van der Waals surface area contributed by atoms with Gasteiger partial charge in [-0.15, -0.1) is 11.3 Å². The Labute approximate surface area is 145 Å². The third-order valence-electron chi connectivity index (χ3n) is 4.26. The number of rotatable bonds is 5. The maximum atomic E-state index is 11.9. The normalized spacial score (nSPS) is 11.5. The van der Waals surface area contributed by atoms with Crippen molar-refractivity contribution in [1.29, 1.82) is 0 Å². The van der Waals surface area contributed by atoms with Gasteiger partial charge in [0.1, 0.15) is 0 Å². The topological polar surface area (TPSA) is 54.6 Å². The largest absolute Gasteiger partial charge is 0.477 e.